The van der Waals surface area contributed by atoms with E-state index in [0.29, 0.717) is 37.5 Å². The Morgan fingerprint density at radius 3 is 2.49 bits per heavy atom. The summed E-state index contributed by atoms with van der Waals surface area (Å²) in [6, 6.07) is 7.41. The number of amides is 2. The number of nitrogens with zero attached hydrogens (tertiary/aromatic N) is 3. The molecule has 3 rings (SSSR count). The van der Waals surface area contributed by atoms with Gasteiger partial charge in [0, 0.05) is 32.1 Å². The number of hydrogen-bond donors (Lipinski definition) is 3. The van der Waals surface area contributed by atoms with E-state index in [1.54, 1.807) is 6.92 Å². The van der Waals surface area contributed by atoms with Crippen LogP contribution in [0.25, 0.3) is 10.9 Å². The second kappa shape index (κ2) is 12.6. The number of carbonyl (C=O) groups excluding carboxylic acids is 2. The van der Waals surface area contributed by atoms with E-state index in [1.165, 1.54) is 0 Å². The van der Waals surface area contributed by atoms with E-state index >= 15 is 0 Å². The lowest BCUT2D eigenvalue weighted by atomic mass is 9.86. The summed E-state index contributed by atoms with van der Waals surface area (Å²) in [5.74, 6) is 1.85. The first-order valence-electron chi connectivity index (χ1n) is 12.7. The molecule has 1 aromatic heterocycles. The number of ether oxygens (including phenoxy) is 1. The minimum absolute atomic E-state index is 0.271. The van der Waals surface area contributed by atoms with Gasteiger partial charge in [-0.3, -0.25) is 0 Å². The molecule has 3 N–H and O–H groups in total. The number of benzene rings is 1. The van der Waals surface area contributed by atoms with Crippen LogP contribution >= 0.6 is 0 Å². The molecule has 1 aliphatic rings. The Balaban J connectivity index is 1.48. The SMILES string of the molecule is CCOC(=O)C(CC(C)C)NC(=O)NCC1CCC(Nc2nc(N(C)C)c3ccccc3n2)CC1. The standard InChI is InChI=1S/C26H40N6O3/c1-6-35-24(33)22(15-17(2)3)30-26(34)27-16-18-11-13-19(14-12-18)28-25-29-21-10-8-7-9-20(21)23(31-25)32(4)5/h7-10,17-19,22H,6,11-16H2,1-5H3,(H2,27,30,34)(H,28,29,31). The summed E-state index contributed by atoms with van der Waals surface area (Å²) in [6.07, 6.45) is 4.52. The second-order valence-electron chi connectivity index (χ2n) is 9.93. The highest BCUT2D eigenvalue weighted by Gasteiger charge is 2.25. The third kappa shape index (κ3) is 7.70. The number of fused-ring (bicyclic) bond motifs is 1. The van der Waals surface area contributed by atoms with Crippen molar-refractivity contribution in [1.29, 1.82) is 0 Å². The zero-order valence-corrected chi connectivity index (χ0v) is 21.6. The molecule has 9 nitrogen and oxygen atoms in total. The first-order chi connectivity index (χ1) is 16.8. The Morgan fingerprint density at radius 2 is 1.83 bits per heavy atom. The summed E-state index contributed by atoms with van der Waals surface area (Å²) in [4.78, 5) is 36.0. The third-order valence-corrected chi connectivity index (χ3v) is 6.32. The largest absolute Gasteiger partial charge is 0.464 e. The van der Waals surface area contributed by atoms with Gasteiger partial charge in [-0.15, -0.1) is 0 Å². The van der Waals surface area contributed by atoms with Crippen molar-refractivity contribution >= 4 is 34.7 Å². The molecule has 0 spiro atoms. The van der Waals surface area contributed by atoms with Crippen LogP contribution in [0.2, 0.25) is 0 Å². The summed E-state index contributed by atoms with van der Waals surface area (Å²) < 4.78 is 5.10. The lowest BCUT2D eigenvalue weighted by molar-refractivity contribution is -0.145. The fourth-order valence-electron chi connectivity index (χ4n) is 4.53. The normalized spacial score (nSPS) is 18.7. The maximum Gasteiger partial charge on any atom is 0.328 e. The number of urea groups is 1. The minimum atomic E-state index is -0.621. The number of carbonyl (C=O) groups is 2. The van der Waals surface area contributed by atoms with Crippen LogP contribution in [0, 0.1) is 11.8 Å². The number of para-hydroxylation sites is 1. The Bertz CT molecular complexity index is 988. The van der Waals surface area contributed by atoms with Gasteiger partial charge in [0.15, 0.2) is 0 Å². The van der Waals surface area contributed by atoms with Crippen LogP contribution in [0.15, 0.2) is 24.3 Å². The quantitative estimate of drug-likeness (QED) is 0.438. The van der Waals surface area contributed by atoms with Crippen molar-refractivity contribution in [3.05, 3.63) is 24.3 Å². The highest BCUT2D eigenvalue weighted by molar-refractivity contribution is 5.90. The average Bonchev–Trinajstić information content (AvgIpc) is 2.82. The summed E-state index contributed by atoms with van der Waals surface area (Å²) in [5.41, 5.74) is 0.927. The molecule has 1 saturated carbocycles. The van der Waals surface area contributed by atoms with Crippen LogP contribution in [0.3, 0.4) is 0 Å². The van der Waals surface area contributed by atoms with Crippen molar-refractivity contribution in [2.45, 2.75) is 65.0 Å². The van der Waals surface area contributed by atoms with Crippen molar-refractivity contribution < 1.29 is 14.3 Å². The van der Waals surface area contributed by atoms with Crippen molar-refractivity contribution in [1.82, 2.24) is 20.6 Å². The Morgan fingerprint density at radius 1 is 1.11 bits per heavy atom. The van der Waals surface area contributed by atoms with Crippen LogP contribution in [-0.2, 0) is 9.53 Å². The van der Waals surface area contributed by atoms with Gasteiger partial charge in [0.25, 0.3) is 0 Å². The highest BCUT2D eigenvalue weighted by Crippen LogP contribution is 2.28. The molecule has 1 heterocycles. The molecule has 1 aromatic carbocycles. The molecule has 0 radical (unpaired) electrons. The molecular formula is C26H40N6O3. The number of aromatic nitrogens is 2. The van der Waals surface area contributed by atoms with Gasteiger partial charge in [0.1, 0.15) is 11.9 Å². The molecule has 1 aliphatic carbocycles. The predicted octanol–water partition coefficient (Wildman–Crippen LogP) is 3.94. The van der Waals surface area contributed by atoms with Crippen LogP contribution in [0.1, 0.15) is 52.9 Å². The summed E-state index contributed by atoms with van der Waals surface area (Å²) in [5, 5.41) is 10.3. The summed E-state index contributed by atoms with van der Waals surface area (Å²) in [7, 11) is 3.98. The van der Waals surface area contributed by atoms with E-state index in [-0.39, 0.29) is 17.9 Å². The summed E-state index contributed by atoms with van der Waals surface area (Å²) in [6.45, 7) is 6.69. The summed E-state index contributed by atoms with van der Waals surface area (Å²) >= 11 is 0. The molecule has 2 amide bonds. The smallest absolute Gasteiger partial charge is 0.328 e. The number of anilines is 2. The first-order valence-corrected chi connectivity index (χ1v) is 12.7. The number of rotatable bonds is 10. The molecule has 9 heteroatoms. The lowest BCUT2D eigenvalue weighted by Gasteiger charge is -2.29. The van der Waals surface area contributed by atoms with E-state index in [4.69, 9.17) is 14.7 Å². The van der Waals surface area contributed by atoms with E-state index in [0.717, 1.165) is 42.4 Å². The predicted molar refractivity (Wildman–Crippen MR) is 140 cm³/mol. The fourth-order valence-corrected chi connectivity index (χ4v) is 4.53. The lowest BCUT2D eigenvalue weighted by Crippen LogP contribution is -2.48. The average molecular weight is 485 g/mol. The Hall–Kier alpha value is -3.10. The van der Waals surface area contributed by atoms with Crippen molar-refractivity contribution in [3.8, 4) is 0 Å². The van der Waals surface area contributed by atoms with E-state index in [9.17, 15) is 9.59 Å². The molecule has 1 unspecified atom stereocenters. The van der Waals surface area contributed by atoms with Crippen molar-refractivity contribution in [3.63, 3.8) is 0 Å². The van der Waals surface area contributed by atoms with Gasteiger partial charge >= 0.3 is 12.0 Å². The highest BCUT2D eigenvalue weighted by atomic mass is 16.5. The van der Waals surface area contributed by atoms with E-state index < -0.39 is 6.04 Å². The van der Waals surface area contributed by atoms with Gasteiger partial charge in [0.05, 0.1) is 12.1 Å². The molecule has 35 heavy (non-hydrogen) atoms. The van der Waals surface area contributed by atoms with E-state index in [1.807, 2.05) is 57.1 Å². The molecule has 192 valence electrons. The molecule has 0 bridgehead atoms. The van der Waals surface area contributed by atoms with Gasteiger partial charge in [-0.25, -0.2) is 14.6 Å². The van der Waals surface area contributed by atoms with Crippen LogP contribution in [0.5, 0.6) is 0 Å². The van der Waals surface area contributed by atoms with Crippen molar-refractivity contribution in [2.75, 3.05) is 37.5 Å². The zero-order chi connectivity index (χ0) is 25.4. The van der Waals surface area contributed by atoms with E-state index in [2.05, 4.69) is 16.0 Å². The van der Waals surface area contributed by atoms with Gasteiger partial charge in [-0.2, -0.15) is 4.98 Å². The topological polar surface area (TPSA) is 108 Å². The third-order valence-electron chi connectivity index (χ3n) is 6.32. The van der Waals surface area contributed by atoms with Crippen LogP contribution < -0.4 is 20.9 Å². The maximum absolute atomic E-state index is 12.4. The van der Waals surface area contributed by atoms with Gasteiger partial charge in [0.2, 0.25) is 5.95 Å². The zero-order valence-electron chi connectivity index (χ0n) is 21.6. The molecule has 1 fully saturated rings. The van der Waals surface area contributed by atoms with Crippen LogP contribution in [-0.4, -0.2) is 61.3 Å². The minimum Gasteiger partial charge on any atom is -0.464 e. The Kier molecular flexibility index (Phi) is 9.51. The fraction of sp³-hybridized carbons (Fsp3) is 0.615. The van der Waals surface area contributed by atoms with Gasteiger partial charge in [-0.1, -0.05) is 26.0 Å². The molecule has 0 aliphatic heterocycles. The number of nitrogens with one attached hydrogen (secondary N) is 3. The molecule has 1 atom stereocenters. The number of hydrogen-bond acceptors (Lipinski definition) is 7. The molecular weight excluding hydrogens is 444 g/mol. The monoisotopic (exact) mass is 484 g/mol. The van der Waals surface area contributed by atoms with Crippen LogP contribution in [0.4, 0.5) is 16.6 Å². The second-order valence-corrected chi connectivity index (χ2v) is 9.93. The Labute approximate surface area is 208 Å². The van der Waals surface area contributed by atoms with Crippen molar-refractivity contribution in [2.24, 2.45) is 11.8 Å². The molecule has 2 aromatic rings. The molecule has 0 saturated heterocycles. The maximum atomic E-state index is 12.4. The first kappa shape index (κ1) is 26.5. The van der Waals surface area contributed by atoms with Gasteiger partial charge < -0.3 is 25.6 Å². The van der Waals surface area contributed by atoms with Gasteiger partial charge in [-0.05, 0) is 63.0 Å². The number of esters is 1.